The van der Waals surface area contributed by atoms with E-state index in [1.807, 2.05) is 0 Å². The number of carbonyl (C=O) groups is 2. The van der Waals surface area contributed by atoms with Crippen LogP contribution in [-0.4, -0.2) is 29.6 Å². The van der Waals surface area contributed by atoms with Crippen molar-refractivity contribution in [2.45, 2.75) is 6.54 Å². The highest BCUT2D eigenvalue weighted by molar-refractivity contribution is 7.11. The fourth-order valence-corrected chi connectivity index (χ4v) is 2.87. The third kappa shape index (κ3) is 3.72. The highest BCUT2D eigenvalue weighted by atomic mass is 35.5. The Hall–Kier alpha value is -2.03. The van der Waals surface area contributed by atoms with E-state index >= 15 is 0 Å². The Balaban J connectivity index is 1.47. The van der Waals surface area contributed by atoms with Crippen LogP contribution in [0.5, 0.6) is 11.5 Å². The number of nitrogens with one attached hydrogen (secondary N) is 1. The van der Waals surface area contributed by atoms with Gasteiger partial charge in [0.2, 0.25) is 6.79 Å². The normalized spacial score (nSPS) is 12.1. The summed E-state index contributed by atoms with van der Waals surface area (Å²) in [7, 11) is 0. The predicted octanol–water partition coefficient (Wildman–Crippen LogP) is 2.65. The highest BCUT2D eigenvalue weighted by Gasteiger charge is 2.20. The second-order valence-electron chi connectivity index (χ2n) is 4.66. The van der Waals surface area contributed by atoms with Crippen LogP contribution in [0.4, 0.5) is 0 Å². The molecule has 0 saturated heterocycles. The van der Waals surface area contributed by atoms with E-state index in [1.165, 1.54) is 0 Å². The molecule has 1 aliphatic heterocycles. The van der Waals surface area contributed by atoms with Gasteiger partial charge in [-0.25, -0.2) is 4.79 Å². The fraction of sp³-hybridized carbons (Fsp3) is 0.214. The molecule has 1 N–H and O–H groups in total. The van der Waals surface area contributed by atoms with Crippen molar-refractivity contribution in [2.24, 2.45) is 0 Å². The van der Waals surface area contributed by atoms with Gasteiger partial charge in [0, 0.05) is 6.54 Å². The maximum absolute atomic E-state index is 11.8. The molecular formula is C14H10Cl2N2O5S. The first kappa shape index (κ1) is 16.8. The quantitative estimate of drug-likeness (QED) is 0.792. The maximum Gasteiger partial charge on any atom is 0.360 e. The Labute approximate surface area is 150 Å². The summed E-state index contributed by atoms with van der Waals surface area (Å²) < 4.78 is 19.3. The number of nitrogens with zero attached hydrogens (tertiary/aromatic N) is 1. The fourth-order valence-electron chi connectivity index (χ4n) is 1.89. The van der Waals surface area contributed by atoms with Crippen LogP contribution in [-0.2, 0) is 16.1 Å². The Morgan fingerprint density at radius 2 is 2.08 bits per heavy atom. The van der Waals surface area contributed by atoms with Gasteiger partial charge in [-0.2, -0.15) is 4.37 Å². The molecule has 0 bridgehead atoms. The minimum Gasteiger partial charge on any atom is -0.454 e. The van der Waals surface area contributed by atoms with Crippen LogP contribution in [0.15, 0.2) is 18.2 Å². The molecule has 0 spiro atoms. The molecule has 0 fully saturated rings. The first-order valence-corrected chi connectivity index (χ1v) is 8.20. The molecular weight excluding hydrogens is 379 g/mol. The number of carbonyl (C=O) groups excluding carboxylic acids is 2. The molecule has 0 atom stereocenters. The average molecular weight is 389 g/mol. The number of rotatable bonds is 5. The van der Waals surface area contributed by atoms with Gasteiger partial charge in [0.15, 0.2) is 23.8 Å². The number of aromatic nitrogens is 1. The number of ether oxygens (including phenoxy) is 3. The van der Waals surface area contributed by atoms with Crippen molar-refractivity contribution >= 4 is 46.6 Å². The first-order chi connectivity index (χ1) is 11.5. The van der Waals surface area contributed by atoms with Crippen molar-refractivity contribution < 1.29 is 23.8 Å². The number of esters is 1. The molecule has 0 unspecified atom stereocenters. The monoisotopic (exact) mass is 388 g/mol. The summed E-state index contributed by atoms with van der Waals surface area (Å²) in [5.74, 6) is 0.0286. The lowest BCUT2D eigenvalue weighted by molar-refractivity contribution is -0.124. The highest BCUT2D eigenvalue weighted by Crippen LogP contribution is 2.32. The van der Waals surface area contributed by atoms with Gasteiger partial charge in [0.05, 0.1) is 0 Å². The number of halogens is 2. The Morgan fingerprint density at radius 3 is 2.83 bits per heavy atom. The molecule has 2 heterocycles. The van der Waals surface area contributed by atoms with Gasteiger partial charge in [-0.05, 0) is 29.2 Å². The van der Waals surface area contributed by atoms with Gasteiger partial charge >= 0.3 is 5.97 Å². The van der Waals surface area contributed by atoms with Crippen molar-refractivity contribution in [3.05, 3.63) is 38.8 Å². The summed E-state index contributed by atoms with van der Waals surface area (Å²) >= 11 is 12.4. The van der Waals surface area contributed by atoms with Crippen LogP contribution in [0.25, 0.3) is 0 Å². The summed E-state index contributed by atoms with van der Waals surface area (Å²) in [5.41, 5.74) is 0.725. The number of hydrogen-bond acceptors (Lipinski definition) is 7. The third-order valence-corrected chi connectivity index (χ3v) is 4.66. The van der Waals surface area contributed by atoms with E-state index in [-0.39, 0.29) is 28.4 Å². The summed E-state index contributed by atoms with van der Waals surface area (Å²) in [5, 5.41) is 2.65. The average Bonchev–Trinajstić information content (AvgIpc) is 3.17. The summed E-state index contributed by atoms with van der Waals surface area (Å²) in [6.45, 7) is -0.00450. The maximum atomic E-state index is 11.8. The van der Waals surface area contributed by atoms with Gasteiger partial charge in [0.1, 0.15) is 9.36 Å². The lowest BCUT2D eigenvalue weighted by Gasteiger charge is -2.07. The van der Waals surface area contributed by atoms with Gasteiger partial charge in [-0.3, -0.25) is 4.79 Å². The topological polar surface area (TPSA) is 86.8 Å². The lowest BCUT2D eigenvalue weighted by atomic mass is 10.2. The van der Waals surface area contributed by atoms with Crippen LogP contribution < -0.4 is 14.8 Å². The van der Waals surface area contributed by atoms with E-state index in [2.05, 4.69) is 9.69 Å². The van der Waals surface area contributed by atoms with Crippen LogP contribution in [0, 0.1) is 0 Å². The van der Waals surface area contributed by atoms with E-state index in [9.17, 15) is 9.59 Å². The zero-order valence-corrected chi connectivity index (χ0v) is 14.3. The second-order valence-corrected chi connectivity index (χ2v) is 6.41. The number of amides is 1. The molecule has 24 heavy (non-hydrogen) atoms. The van der Waals surface area contributed by atoms with Gasteiger partial charge in [0.25, 0.3) is 5.91 Å². The SMILES string of the molecule is O=C(COC(=O)c1nsc(Cl)c1Cl)NCc1ccc2c(c1)OCO2. The molecule has 0 saturated carbocycles. The lowest BCUT2D eigenvalue weighted by Crippen LogP contribution is -2.28. The molecule has 0 aliphatic carbocycles. The van der Waals surface area contributed by atoms with E-state index in [4.69, 9.17) is 37.4 Å². The molecule has 126 valence electrons. The smallest absolute Gasteiger partial charge is 0.360 e. The van der Waals surface area contributed by atoms with Crippen molar-refractivity contribution in [3.63, 3.8) is 0 Å². The number of hydrogen-bond donors (Lipinski definition) is 1. The van der Waals surface area contributed by atoms with Crippen molar-refractivity contribution in [1.82, 2.24) is 9.69 Å². The van der Waals surface area contributed by atoms with E-state index in [1.54, 1.807) is 18.2 Å². The van der Waals surface area contributed by atoms with Crippen molar-refractivity contribution in [2.75, 3.05) is 13.4 Å². The summed E-state index contributed by atoms with van der Waals surface area (Å²) in [6, 6.07) is 5.33. The van der Waals surface area contributed by atoms with E-state index < -0.39 is 18.5 Å². The molecule has 10 heteroatoms. The van der Waals surface area contributed by atoms with Crippen molar-refractivity contribution in [1.29, 1.82) is 0 Å². The molecule has 1 amide bonds. The third-order valence-electron chi connectivity index (χ3n) is 3.05. The van der Waals surface area contributed by atoms with Crippen LogP contribution in [0.2, 0.25) is 9.36 Å². The Kier molecular flexibility index (Phi) is 5.08. The van der Waals surface area contributed by atoms with Crippen LogP contribution >= 0.6 is 34.7 Å². The van der Waals surface area contributed by atoms with Gasteiger partial charge < -0.3 is 19.5 Å². The van der Waals surface area contributed by atoms with Crippen LogP contribution in [0.3, 0.4) is 0 Å². The zero-order valence-electron chi connectivity index (χ0n) is 12.0. The summed E-state index contributed by atoms with van der Waals surface area (Å²) in [4.78, 5) is 23.5. The van der Waals surface area contributed by atoms with Crippen LogP contribution in [0.1, 0.15) is 16.1 Å². The van der Waals surface area contributed by atoms with E-state index in [0.717, 1.165) is 17.1 Å². The van der Waals surface area contributed by atoms with Gasteiger partial charge in [-0.1, -0.05) is 29.3 Å². The standard InChI is InChI=1S/C14H10Cl2N2O5S/c15-11-12(18-24-13(11)16)14(20)21-5-10(19)17-4-7-1-2-8-9(3-7)23-6-22-8/h1-3H,4-6H2,(H,17,19). The molecule has 1 aliphatic rings. The molecule has 7 nitrogen and oxygen atoms in total. The minimum atomic E-state index is -0.804. The molecule has 0 radical (unpaired) electrons. The number of benzene rings is 1. The largest absolute Gasteiger partial charge is 0.454 e. The van der Waals surface area contributed by atoms with E-state index in [0.29, 0.717) is 11.5 Å². The minimum absolute atomic E-state index is 0.0208. The Bertz CT molecular complexity index is 795. The molecule has 3 rings (SSSR count). The van der Waals surface area contributed by atoms with Crippen molar-refractivity contribution in [3.8, 4) is 11.5 Å². The first-order valence-electron chi connectivity index (χ1n) is 6.67. The summed E-state index contributed by atoms with van der Waals surface area (Å²) in [6.07, 6.45) is 0. The zero-order chi connectivity index (χ0) is 17.1. The molecule has 1 aromatic carbocycles. The molecule has 1 aromatic heterocycles. The number of fused-ring (bicyclic) bond motifs is 1. The second kappa shape index (κ2) is 7.25. The Morgan fingerprint density at radius 1 is 1.29 bits per heavy atom. The predicted molar refractivity (Wildman–Crippen MR) is 86.8 cm³/mol. The van der Waals surface area contributed by atoms with Gasteiger partial charge in [-0.15, -0.1) is 0 Å². The molecule has 2 aromatic rings.